The lowest BCUT2D eigenvalue weighted by Crippen LogP contribution is -2.21. The second-order valence-corrected chi connectivity index (χ2v) is 5.64. The Hall–Kier alpha value is -0.610. The standard InChI is InChI=1S/C13H26O4/c1-13(2,3)8-6-4-5-7-12(16)17-10-11(15)9-14/h11,14-15H,4-10H2,1-3H3. The van der Waals surface area contributed by atoms with Gasteiger partial charge in [-0.05, 0) is 18.3 Å². The summed E-state index contributed by atoms with van der Waals surface area (Å²) in [4.78, 5) is 11.2. The number of unbranched alkanes of at least 4 members (excludes halogenated alkanes) is 2. The van der Waals surface area contributed by atoms with Gasteiger partial charge in [0.05, 0.1) is 6.61 Å². The maximum Gasteiger partial charge on any atom is 0.305 e. The van der Waals surface area contributed by atoms with E-state index in [1.165, 1.54) is 0 Å². The number of ether oxygens (including phenoxy) is 1. The molecule has 1 atom stereocenters. The minimum Gasteiger partial charge on any atom is -0.463 e. The number of hydrogen-bond donors (Lipinski definition) is 2. The molecule has 0 aliphatic rings. The molecule has 0 heterocycles. The van der Waals surface area contributed by atoms with Crippen molar-refractivity contribution in [2.24, 2.45) is 5.41 Å². The molecule has 0 radical (unpaired) electrons. The van der Waals surface area contributed by atoms with Gasteiger partial charge in [0.25, 0.3) is 0 Å². The summed E-state index contributed by atoms with van der Waals surface area (Å²) in [7, 11) is 0. The minimum atomic E-state index is -0.958. The molecule has 4 heteroatoms. The van der Waals surface area contributed by atoms with E-state index in [4.69, 9.17) is 14.9 Å². The fraction of sp³-hybridized carbons (Fsp3) is 0.923. The lowest BCUT2D eigenvalue weighted by molar-refractivity contribution is -0.147. The third kappa shape index (κ3) is 11.6. The van der Waals surface area contributed by atoms with Crippen LogP contribution in [0, 0.1) is 5.41 Å². The summed E-state index contributed by atoms with van der Waals surface area (Å²) in [5.41, 5.74) is 0.353. The van der Waals surface area contributed by atoms with Crippen molar-refractivity contribution in [1.82, 2.24) is 0 Å². The highest BCUT2D eigenvalue weighted by molar-refractivity contribution is 5.69. The van der Waals surface area contributed by atoms with Gasteiger partial charge < -0.3 is 14.9 Å². The summed E-state index contributed by atoms with van der Waals surface area (Å²) in [6.45, 7) is 6.13. The van der Waals surface area contributed by atoms with Gasteiger partial charge in [-0.2, -0.15) is 0 Å². The Balaban J connectivity index is 3.40. The molecule has 1 unspecified atom stereocenters. The first-order valence-electron chi connectivity index (χ1n) is 6.29. The number of carbonyl (C=O) groups excluding carboxylic acids is 1. The van der Waals surface area contributed by atoms with Gasteiger partial charge in [0.1, 0.15) is 12.7 Å². The quantitative estimate of drug-likeness (QED) is 0.507. The summed E-state index contributed by atoms with van der Waals surface area (Å²) in [5.74, 6) is -0.298. The first-order valence-corrected chi connectivity index (χ1v) is 6.29. The second-order valence-electron chi connectivity index (χ2n) is 5.64. The predicted octanol–water partition coefficient (Wildman–Crippen LogP) is 1.88. The van der Waals surface area contributed by atoms with Crippen molar-refractivity contribution in [2.45, 2.75) is 59.0 Å². The van der Waals surface area contributed by atoms with Crippen molar-refractivity contribution < 1.29 is 19.7 Å². The molecule has 0 bridgehead atoms. The molecule has 17 heavy (non-hydrogen) atoms. The van der Waals surface area contributed by atoms with Crippen molar-refractivity contribution in [3.63, 3.8) is 0 Å². The molecule has 0 fully saturated rings. The van der Waals surface area contributed by atoms with E-state index in [1.807, 2.05) is 0 Å². The highest BCUT2D eigenvalue weighted by Crippen LogP contribution is 2.22. The van der Waals surface area contributed by atoms with E-state index in [1.54, 1.807) is 0 Å². The predicted molar refractivity (Wildman–Crippen MR) is 66.6 cm³/mol. The monoisotopic (exact) mass is 246 g/mol. The van der Waals surface area contributed by atoms with Crippen molar-refractivity contribution in [1.29, 1.82) is 0 Å². The topological polar surface area (TPSA) is 66.8 Å². The number of hydrogen-bond acceptors (Lipinski definition) is 4. The van der Waals surface area contributed by atoms with E-state index in [-0.39, 0.29) is 19.2 Å². The van der Waals surface area contributed by atoms with Gasteiger partial charge in [-0.1, -0.05) is 33.6 Å². The van der Waals surface area contributed by atoms with Gasteiger partial charge in [0.2, 0.25) is 0 Å². The number of aliphatic hydroxyl groups is 2. The lowest BCUT2D eigenvalue weighted by atomic mass is 9.89. The SMILES string of the molecule is CC(C)(C)CCCCCC(=O)OCC(O)CO. The van der Waals surface area contributed by atoms with Gasteiger partial charge >= 0.3 is 5.97 Å². The van der Waals surface area contributed by atoms with E-state index in [2.05, 4.69) is 20.8 Å². The van der Waals surface area contributed by atoms with Crippen LogP contribution in [0.25, 0.3) is 0 Å². The summed E-state index contributed by atoms with van der Waals surface area (Å²) < 4.78 is 4.79. The highest BCUT2D eigenvalue weighted by atomic mass is 16.5. The van der Waals surface area contributed by atoms with E-state index >= 15 is 0 Å². The number of aliphatic hydroxyl groups excluding tert-OH is 2. The van der Waals surface area contributed by atoms with Gasteiger partial charge in [-0.3, -0.25) is 4.79 Å². The normalized spacial score (nSPS) is 13.5. The largest absolute Gasteiger partial charge is 0.463 e. The molecule has 0 saturated carbocycles. The van der Waals surface area contributed by atoms with Crippen LogP contribution in [-0.2, 0) is 9.53 Å². The van der Waals surface area contributed by atoms with Crippen LogP contribution in [0.1, 0.15) is 52.9 Å². The smallest absolute Gasteiger partial charge is 0.305 e. The van der Waals surface area contributed by atoms with E-state index in [9.17, 15) is 4.79 Å². The molecule has 0 aliphatic carbocycles. The molecular weight excluding hydrogens is 220 g/mol. The van der Waals surface area contributed by atoms with Crippen LogP contribution in [0.4, 0.5) is 0 Å². The summed E-state index contributed by atoms with van der Waals surface area (Å²) in [5, 5.41) is 17.5. The average Bonchev–Trinajstić information content (AvgIpc) is 2.23. The molecule has 0 aromatic rings. The van der Waals surface area contributed by atoms with E-state index in [0.717, 1.165) is 25.7 Å². The molecule has 2 N–H and O–H groups in total. The molecule has 4 nitrogen and oxygen atoms in total. The van der Waals surface area contributed by atoms with E-state index < -0.39 is 6.10 Å². The van der Waals surface area contributed by atoms with Gasteiger partial charge in [-0.15, -0.1) is 0 Å². The molecule has 102 valence electrons. The zero-order valence-corrected chi connectivity index (χ0v) is 11.2. The first kappa shape index (κ1) is 16.4. The Bertz CT molecular complexity index is 208. The number of carbonyl (C=O) groups is 1. The Morgan fingerprint density at radius 3 is 2.41 bits per heavy atom. The van der Waals surface area contributed by atoms with Gasteiger partial charge in [0, 0.05) is 6.42 Å². The van der Waals surface area contributed by atoms with Crippen LogP contribution in [0.2, 0.25) is 0 Å². The Morgan fingerprint density at radius 2 is 1.88 bits per heavy atom. The third-order valence-corrected chi connectivity index (χ3v) is 2.46. The molecule has 0 spiro atoms. The zero-order chi connectivity index (χ0) is 13.3. The summed E-state index contributed by atoms with van der Waals surface area (Å²) in [6.07, 6.45) is 3.56. The van der Waals surface area contributed by atoms with Crippen LogP contribution in [0.3, 0.4) is 0 Å². The summed E-state index contributed by atoms with van der Waals surface area (Å²) >= 11 is 0. The fourth-order valence-corrected chi connectivity index (χ4v) is 1.42. The first-order chi connectivity index (χ1) is 7.85. The van der Waals surface area contributed by atoms with Gasteiger partial charge in [-0.25, -0.2) is 0 Å². The van der Waals surface area contributed by atoms with Crippen molar-refractivity contribution in [3.8, 4) is 0 Å². The van der Waals surface area contributed by atoms with E-state index in [0.29, 0.717) is 11.8 Å². The lowest BCUT2D eigenvalue weighted by Gasteiger charge is -2.17. The van der Waals surface area contributed by atoms with Crippen molar-refractivity contribution in [2.75, 3.05) is 13.2 Å². The van der Waals surface area contributed by atoms with Crippen LogP contribution < -0.4 is 0 Å². The van der Waals surface area contributed by atoms with Crippen molar-refractivity contribution >= 4 is 5.97 Å². The molecule has 0 saturated heterocycles. The summed E-state index contributed by atoms with van der Waals surface area (Å²) in [6, 6.07) is 0. The van der Waals surface area contributed by atoms with Crippen LogP contribution in [-0.4, -0.2) is 35.5 Å². The Labute approximate surface area is 104 Å². The number of rotatable bonds is 8. The van der Waals surface area contributed by atoms with Gasteiger partial charge in [0.15, 0.2) is 0 Å². The molecule has 0 aromatic carbocycles. The second kappa shape index (κ2) is 8.48. The van der Waals surface area contributed by atoms with Crippen molar-refractivity contribution in [3.05, 3.63) is 0 Å². The molecule has 0 rings (SSSR count). The molecular formula is C13H26O4. The zero-order valence-electron chi connectivity index (χ0n) is 11.2. The minimum absolute atomic E-state index is 0.114. The molecule has 0 aliphatic heterocycles. The molecule has 0 aromatic heterocycles. The van der Waals surface area contributed by atoms with Crippen LogP contribution in [0.15, 0.2) is 0 Å². The molecule has 0 amide bonds. The maximum absolute atomic E-state index is 11.2. The Morgan fingerprint density at radius 1 is 1.24 bits per heavy atom. The number of esters is 1. The third-order valence-electron chi connectivity index (χ3n) is 2.46. The average molecular weight is 246 g/mol. The van der Waals surface area contributed by atoms with Crippen LogP contribution in [0.5, 0.6) is 0 Å². The Kier molecular flexibility index (Phi) is 8.17. The fourth-order valence-electron chi connectivity index (χ4n) is 1.42. The highest BCUT2D eigenvalue weighted by Gasteiger charge is 2.10. The maximum atomic E-state index is 11.2. The van der Waals surface area contributed by atoms with Crippen LogP contribution >= 0.6 is 0 Å².